The Morgan fingerprint density at radius 3 is 2.92 bits per heavy atom. The Labute approximate surface area is 154 Å². The summed E-state index contributed by atoms with van der Waals surface area (Å²) in [6.07, 6.45) is 4.42. The van der Waals surface area contributed by atoms with Crippen LogP contribution in [0.3, 0.4) is 0 Å². The summed E-state index contributed by atoms with van der Waals surface area (Å²) in [4.78, 5) is 5.88. The zero-order chi connectivity index (χ0) is 17.8. The molecule has 1 N–H and O–H groups in total. The Hall–Kier alpha value is -2.30. The van der Waals surface area contributed by atoms with Gasteiger partial charge in [0.15, 0.2) is 0 Å². The molecule has 0 amide bonds. The van der Waals surface area contributed by atoms with Gasteiger partial charge in [-0.15, -0.1) is 0 Å². The van der Waals surface area contributed by atoms with Crippen LogP contribution in [0.2, 0.25) is 0 Å². The summed E-state index contributed by atoms with van der Waals surface area (Å²) in [5, 5.41) is 1.27. The molecule has 0 spiro atoms. The van der Waals surface area contributed by atoms with Gasteiger partial charge in [-0.1, -0.05) is 36.4 Å². The number of nitrogens with one attached hydrogen (secondary N) is 1. The number of ether oxygens (including phenoxy) is 2. The van der Waals surface area contributed by atoms with Crippen molar-refractivity contribution < 1.29 is 9.47 Å². The van der Waals surface area contributed by atoms with Gasteiger partial charge in [-0.25, -0.2) is 0 Å². The Morgan fingerprint density at radius 2 is 2.00 bits per heavy atom. The van der Waals surface area contributed by atoms with Crippen LogP contribution in [0.5, 0.6) is 5.75 Å². The van der Waals surface area contributed by atoms with Crippen LogP contribution in [-0.4, -0.2) is 43.2 Å². The van der Waals surface area contributed by atoms with Crippen molar-refractivity contribution in [2.45, 2.75) is 18.9 Å². The average molecular weight is 350 g/mol. The fourth-order valence-electron chi connectivity index (χ4n) is 3.86. The fraction of sp³-hybridized carbons (Fsp3) is 0.364. The largest absolute Gasteiger partial charge is 0.496 e. The topological polar surface area (TPSA) is 37.5 Å². The molecule has 4 rings (SSSR count). The lowest BCUT2D eigenvalue weighted by Gasteiger charge is -2.33. The molecule has 26 heavy (non-hydrogen) atoms. The summed E-state index contributed by atoms with van der Waals surface area (Å²) in [7, 11) is 1.74. The molecule has 2 heterocycles. The van der Waals surface area contributed by atoms with Crippen LogP contribution >= 0.6 is 0 Å². The van der Waals surface area contributed by atoms with E-state index in [2.05, 4.69) is 52.5 Å². The van der Waals surface area contributed by atoms with Crippen molar-refractivity contribution >= 4 is 10.9 Å². The van der Waals surface area contributed by atoms with Gasteiger partial charge >= 0.3 is 0 Å². The molecule has 1 unspecified atom stereocenters. The maximum atomic E-state index is 6.08. The van der Waals surface area contributed by atoms with Crippen LogP contribution in [-0.2, 0) is 11.2 Å². The number of aryl methyl sites for hydroxylation is 1. The molecule has 0 saturated carbocycles. The SMILES string of the molecule is COc1ccccc1CCCN1CCOC(c2c[nH]c3ccccc23)C1. The summed E-state index contributed by atoms with van der Waals surface area (Å²) in [6, 6.07) is 16.7. The minimum atomic E-state index is 0.145. The number of para-hydroxylation sites is 2. The van der Waals surface area contributed by atoms with E-state index in [0.29, 0.717) is 0 Å². The number of fused-ring (bicyclic) bond motifs is 1. The van der Waals surface area contributed by atoms with Gasteiger partial charge in [-0.2, -0.15) is 0 Å². The van der Waals surface area contributed by atoms with Gasteiger partial charge in [0.05, 0.1) is 19.8 Å². The smallest absolute Gasteiger partial charge is 0.122 e. The van der Waals surface area contributed by atoms with Gasteiger partial charge in [0, 0.05) is 35.8 Å². The number of hydrogen-bond acceptors (Lipinski definition) is 3. The molecule has 1 aliphatic heterocycles. The molecule has 2 aromatic carbocycles. The zero-order valence-electron chi connectivity index (χ0n) is 15.3. The molecule has 136 valence electrons. The predicted octanol–water partition coefficient (Wildman–Crippen LogP) is 4.18. The second-order valence-electron chi connectivity index (χ2n) is 6.87. The van der Waals surface area contributed by atoms with Crippen molar-refractivity contribution in [2.75, 3.05) is 33.4 Å². The maximum absolute atomic E-state index is 6.08. The first-order valence-electron chi connectivity index (χ1n) is 9.37. The van der Waals surface area contributed by atoms with E-state index >= 15 is 0 Å². The van der Waals surface area contributed by atoms with Crippen LogP contribution in [0, 0.1) is 0 Å². The summed E-state index contributed by atoms with van der Waals surface area (Å²) in [6.45, 7) is 3.83. The van der Waals surface area contributed by atoms with Gasteiger partial charge in [0.25, 0.3) is 0 Å². The number of H-pyrrole nitrogens is 1. The third kappa shape index (κ3) is 3.62. The molecule has 0 aliphatic carbocycles. The van der Waals surface area contributed by atoms with Gasteiger partial charge < -0.3 is 14.5 Å². The molecule has 0 bridgehead atoms. The number of hydrogen-bond donors (Lipinski definition) is 1. The number of rotatable bonds is 6. The molecule has 3 aromatic rings. The first-order chi connectivity index (χ1) is 12.8. The predicted molar refractivity (Wildman–Crippen MR) is 105 cm³/mol. The summed E-state index contributed by atoms with van der Waals surface area (Å²) < 4.78 is 11.5. The monoisotopic (exact) mass is 350 g/mol. The van der Waals surface area contributed by atoms with E-state index in [-0.39, 0.29) is 6.10 Å². The Bertz CT molecular complexity index is 858. The molecule has 1 fully saturated rings. The third-order valence-electron chi connectivity index (χ3n) is 5.23. The normalized spacial score (nSPS) is 18.3. The zero-order valence-corrected chi connectivity index (χ0v) is 15.3. The van der Waals surface area contributed by atoms with Gasteiger partial charge in [-0.05, 0) is 37.1 Å². The second kappa shape index (κ2) is 7.94. The van der Waals surface area contributed by atoms with Crippen molar-refractivity contribution in [2.24, 2.45) is 0 Å². The van der Waals surface area contributed by atoms with Crippen LogP contribution in [0.4, 0.5) is 0 Å². The summed E-state index contributed by atoms with van der Waals surface area (Å²) in [5.41, 5.74) is 3.74. The van der Waals surface area contributed by atoms with Crippen LogP contribution in [0.15, 0.2) is 54.7 Å². The van der Waals surface area contributed by atoms with Gasteiger partial charge in [0.1, 0.15) is 5.75 Å². The van der Waals surface area contributed by atoms with Crippen molar-refractivity contribution in [3.8, 4) is 5.75 Å². The first kappa shape index (κ1) is 17.1. The minimum Gasteiger partial charge on any atom is -0.496 e. The van der Waals surface area contributed by atoms with Crippen LogP contribution in [0.1, 0.15) is 23.7 Å². The Morgan fingerprint density at radius 1 is 1.15 bits per heavy atom. The molecule has 0 radical (unpaired) electrons. The lowest BCUT2D eigenvalue weighted by atomic mass is 10.1. The quantitative estimate of drug-likeness (QED) is 0.724. The molecule has 4 nitrogen and oxygen atoms in total. The number of methoxy groups -OCH3 is 1. The molecular weight excluding hydrogens is 324 g/mol. The van der Waals surface area contributed by atoms with E-state index in [9.17, 15) is 0 Å². The lowest BCUT2D eigenvalue weighted by Crippen LogP contribution is -2.38. The molecule has 4 heteroatoms. The van der Waals surface area contributed by atoms with E-state index in [4.69, 9.17) is 9.47 Å². The third-order valence-corrected chi connectivity index (χ3v) is 5.23. The number of aromatic amines is 1. The van der Waals surface area contributed by atoms with Crippen molar-refractivity contribution in [3.63, 3.8) is 0 Å². The van der Waals surface area contributed by atoms with Crippen LogP contribution < -0.4 is 4.74 Å². The average Bonchev–Trinajstić information content (AvgIpc) is 3.13. The lowest BCUT2D eigenvalue weighted by molar-refractivity contribution is -0.0294. The highest BCUT2D eigenvalue weighted by Crippen LogP contribution is 2.29. The van der Waals surface area contributed by atoms with Crippen molar-refractivity contribution in [1.82, 2.24) is 9.88 Å². The number of aromatic nitrogens is 1. The first-order valence-corrected chi connectivity index (χ1v) is 9.37. The highest BCUT2D eigenvalue weighted by atomic mass is 16.5. The summed E-state index contributed by atoms with van der Waals surface area (Å²) >= 11 is 0. The number of benzene rings is 2. The van der Waals surface area contributed by atoms with E-state index in [1.807, 2.05) is 12.1 Å². The molecule has 1 aromatic heterocycles. The molecule has 1 aliphatic rings. The van der Waals surface area contributed by atoms with E-state index in [1.54, 1.807) is 7.11 Å². The second-order valence-corrected chi connectivity index (χ2v) is 6.87. The Balaban J connectivity index is 1.37. The summed E-state index contributed by atoms with van der Waals surface area (Å²) in [5.74, 6) is 0.992. The fourth-order valence-corrected chi connectivity index (χ4v) is 3.86. The van der Waals surface area contributed by atoms with Gasteiger partial charge in [-0.3, -0.25) is 4.90 Å². The highest BCUT2D eigenvalue weighted by molar-refractivity contribution is 5.83. The number of nitrogens with zero attached hydrogens (tertiary/aromatic N) is 1. The van der Waals surface area contributed by atoms with E-state index in [1.165, 1.54) is 22.0 Å². The van der Waals surface area contributed by atoms with Crippen molar-refractivity contribution in [1.29, 1.82) is 0 Å². The van der Waals surface area contributed by atoms with E-state index < -0.39 is 0 Å². The standard InChI is InChI=1S/C22H26N2O2/c1-25-21-11-5-2-7-17(21)8-6-12-24-13-14-26-22(16-24)19-15-23-20-10-4-3-9-18(19)20/h2-5,7,9-11,15,22-23H,6,8,12-14,16H2,1H3. The Kier molecular flexibility index (Phi) is 5.23. The van der Waals surface area contributed by atoms with Gasteiger partial charge in [0.2, 0.25) is 0 Å². The minimum absolute atomic E-state index is 0.145. The van der Waals surface area contributed by atoms with Crippen molar-refractivity contribution in [3.05, 3.63) is 65.9 Å². The molecule has 1 saturated heterocycles. The molecular formula is C22H26N2O2. The highest BCUT2D eigenvalue weighted by Gasteiger charge is 2.23. The van der Waals surface area contributed by atoms with Crippen LogP contribution in [0.25, 0.3) is 10.9 Å². The van der Waals surface area contributed by atoms with E-state index in [0.717, 1.165) is 44.8 Å². The molecule has 1 atom stereocenters. The maximum Gasteiger partial charge on any atom is 0.122 e. The number of morpholine rings is 1.